The molecule has 2 rings (SSSR count). The molecule has 0 aliphatic carbocycles. The molecule has 0 radical (unpaired) electrons. The predicted octanol–water partition coefficient (Wildman–Crippen LogP) is 4.96. The zero-order chi connectivity index (χ0) is 15.2. The highest BCUT2D eigenvalue weighted by molar-refractivity contribution is 9.10. The minimum atomic E-state index is 0.196. The Hall–Kier alpha value is -1.03. The number of nitrogens with two attached hydrogens (primary N) is 1. The Bertz CT molecular complexity index is 603. The van der Waals surface area contributed by atoms with Crippen molar-refractivity contribution >= 4 is 27.5 Å². The fourth-order valence-electron chi connectivity index (χ4n) is 2.01. The molecule has 0 spiro atoms. The molecule has 0 saturated heterocycles. The Balaban J connectivity index is 2.01. The SMILES string of the molecule is CCC(N)Cc1cccc(OCc2ccc(Br)cc2Cl)c1. The van der Waals surface area contributed by atoms with E-state index in [0.29, 0.717) is 11.6 Å². The molecule has 2 N–H and O–H groups in total. The molecular weight excluding hydrogens is 350 g/mol. The molecule has 0 aromatic heterocycles. The van der Waals surface area contributed by atoms with Crippen LogP contribution < -0.4 is 10.5 Å². The monoisotopic (exact) mass is 367 g/mol. The number of benzene rings is 2. The predicted molar refractivity (Wildman–Crippen MR) is 91.9 cm³/mol. The second-order valence-corrected chi connectivity index (χ2v) is 6.37. The molecule has 2 aromatic rings. The maximum atomic E-state index is 6.19. The fourth-order valence-corrected chi connectivity index (χ4v) is 2.74. The van der Waals surface area contributed by atoms with Gasteiger partial charge in [-0.15, -0.1) is 0 Å². The first-order chi connectivity index (χ1) is 10.1. The summed E-state index contributed by atoms with van der Waals surface area (Å²) in [5.41, 5.74) is 8.16. The van der Waals surface area contributed by atoms with Crippen LogP contribution in [0.2, 0.25) is 5.02 Å². The molecule has 2 nitrogen and oxygen atoms in total. The van der Waals surface area contributed by atoms with Crippen LogP contribution in [0.25, 0.3) is 0 Å². The van der Waals surface area contributed by atoms with Crippen molar-refractivity contribution in [3.63, 3.8) is 0 Å². The van der Waals surface area contributed by atoms with Gasteiger partial charge in [-0.25, -0.2) is 0 Å². The smallest absolute Gasteiger partial charge is 0.120 e. The molecule has 0 bridgehead atoms. The third-order valence-electron chi connectivity index (χ3n) is 3.33. The second kappa shape index (κ2) is 7.83. The molecule has 0 fully saturated rings. The van der Waals surface area contributed by atoms with Gasteiger partial charge < -0.3 is 10.5 Å². The molecule has 0 aliphatic heterocycles. The van der Waals surface area contributed by atoms with E-state index < -0.39 is 0 Å². The van der Waals surface area contributed by atoms with Crippen LogP contribution in [0.15, 0.2) is 46.9 Å². The van der Waals surface area contributed by atoms with Crippen LogP contribution in [-0.2, 0) is 13.0 Å². The first kappa shape index (κ1) is 16.3. The van der Waals surface area contributed by atoms with Crippen LogP contribution in [0.5, 0.6) is 5.75 Å². The molecule has 0 saturated carbocycles. The first-order valence-electron chi connectivity index (χ1n) is 6.99. The van der Waals surface area contributed by atoms with Crippen LogP contribution in [0, 0.1) is 0 Å². The topological polar surface area (TPSA) is 35.2 Å². The Labute approximate surface area is 139 Å². The van der Waals surface area contributed by atoms with Crippen LogP contribution in [0.4, 0.5) is 0 Å². The largest absolute Gasteiger partial charge is 0.489 e. The lowest BCUT2D eigenvalue weighted by Crippen LogP contribution is -2.21. The highest BCUT2D eigenvalue weighted by atomic mass is 79.9. The fraction of sp³-hybridized carbons (Fsp3) is 0.294. The minimum Gasteiger partial charge on any atom is -0.489 e. The van der Waals surface area contributed by atoms with Crippen molar-refractivity contribution in [1.82, 2.24) is 0 Å². The highest BCUT2D eigenvalue weighted by Crippen LogP contribution is 2.23. The summed E-state index contributed by atoms with van der Waals surface area (Å²) in [6, 6.07) is 14.1. The van der Waals surface area contributed by atoms with Crippen molar-refractivity contribution in [3.8, 4) is 5.75 Å². The first-order valence-corrected chi connectivity index (χ1v) is 8.17. The molecule has 0 aliphatic rings. The van der Waals surface area contributed by atoms with E-state index in [9.17, 15) is 0 Å². The summed E-state index contributed by atoms with van der Waals surface area (Å²) in [5, 5.41) is 0.702. The van der Waals surface area contributed by atoms with Gasteiger partial charge in [-0.3, -0.25) is 0 Å². The Morgan fingerprint density at radius 1 is 1.24 bits per heavy atom. The van der Waals surface area contributed by atoms with E-state index in [1.807, 2.05) is 36.4 Å². The summed E-state index contributed by atoms with van der Waals surface area (Å²) in [4.78, 5) is 0. The number of hydrogen-bond acceptors (Lipinski definition) is 2. The van der Waals surface area contributed by atoms with Crippen molar-refractivity contribution in [1.29, 1.82) is 0 Å². The van der Waals surface area contributed by atoms with Crippen molar-refractivity contribution in [2.45, 2.75) is 32.4 Å². The van der Waals surface area contributed by atoms with Crippen molar-refractivity contribution in [2.24, 2.45) is 5.73 Å². The van der Waals surface area contributed by atoms with Crippen molar-refractivity contribution in [2.75, 3.05) is 0 Å². The van der Waals surface area contributed by atoms with E-state index in [1.54, 1.807) is 0 Å². The number of halogens is 2. The molecule has 21 heavy (non-hydrogen) atoms. The average Bonchev–Trinajstić information content (AvgIpc) is 2.46. The van der Waals surface area contributed by atoms with Gasteiger partial charge in [-0.05, 0) is 42.7 Å². The van der Waals surface area contributed by atoms with Crippen LogP contribution >= 0.6 is 27.5 Å². The normalized spacial score (nSPS) is 12.2. The summed E-state index contributed by atoms with van der Waals surface area (Å²) in [7, 11) is 0. The van der Waals surface area contributed by atoms with Crippen molar-refractivity contribution < 1.29 is 4.74 Å². The Kier molecular flexibility index (Phi) is 6.09. The van der Waals surface area contributed by atoms with E-state index >= 15 is 0 Å². The molecule has 1 atom stereocenters. The van der Waals surface area contributed by atoms with E-state index in [4.69, 9.17) is 22.1 Å². The Morgan fingerprint density at radius 3 is 2.76 bits per heavy atom. The summed E-state index contributed by atoms with van der Waals surface area (Å²) >= 11 is 9.58. The van der Waals surface area contributed by atoms with Gasteiger partial charge >= 0.3 is 0 Å². The quantitative estimate of drug-likeness (QED) is 0.782. The zero-order valence-corrected chi connectivity index (χ0v) is 14.3. The minimum absolute atomic E-state index is 0.196. The highest BCUT2D eigenvalue weighted by Gasteiger charge is 2.05. The average molecular weight is 369 g/mol. The summed E-state index contributed by atoms with van der Waals surface area (Å²) in [5.74, 6) is 0.842. The van der Waals surface area contributed by atoms with Gasteiger partial charge in [0.1, 0.15) is 12.4 Å². The summed E-state index contributed by atoms with van der Waals surface area (Å²) in [6.07, 6.45) is 1.84. The molecule has 4 heteroatoms. The number of ether oxygens (including phenoxy) is 1. The van der Waals surface area contributed by atoms with Crippen LogP contribution in [-0.4, -0.2) is 6.04 Å². The maximum absolute atomic E-state index is 6.19. The van der Waals surface area contributed by atoms with E-state index in [2.05, 4.69) is 28.9 Å². The molecule has 2 aromatic carbocycles. The molecule has 112 valence electrons. The molecule has 0 amide bonds. The van der Waals surface area contributed by atoms with Gasteiger partial charge in [-0.2, -0.15) is 0 Å². The lowest BCUT2D eigenvalue weighted by molar-refractivity contribution is 0.306. The standard InChI is InChI=1S/C17H19BrClNO/c1-2-15(20)8-12-4-3-5-16(9-12)21-11-13-6-7-14(18)10-17(13)19/h3-7,9-10,15H,2,8,11,20H2,1H3. The van der Waals surface area contributed by atoms with Crippen molar-refractivity contribution in [3.05, 3.63) is 63.1 Å². The van der Waals surface area contributed by atoms with Gasteiger partial charge in [0.05, 0.1) is 0 Å². The van der Waals surface area contributed by atoms with Gasteiger partial charge in [0, 0.05) is 21.1 Å². The van der Waals surface area contributed by atoms with Gasteiger partial charge in [0.15, 0.2) is 0 Å². The van der Waals surface area contributed by atoms with Gasteiger partial charge in [0.2, 0.25) is 0 Å². The van der Waals surface area contributed by atoms with Crippen LogP contribution in [0.1, 0.15) is 24.5 Å². The third-order valence-corrected chi connectivity index (χ3v) is 4.18. The van der Waals surface area contributed by atoms with E-state index in [-0.39, 0.29) is 6.04 Å². The summed E-state index contributed by atoms with van der Waals surface area (Å²) < 4.78 is 6.79. The molecule has 1 unspecified atom stereocenters. The number of hydrogen-bond donors (Lipinski definition) is 1. The Morgan fingerprint density at radius 2 is 2.05 bits per heavy atom. The third kappa shape index (κ3) is 5.03. The molecular formula is C17H19BrClNO. The van der Waals surface area contributed by atoms with Gasteiger partial charge in [0.25, 0.3) is 0 Å². The molecule has 0 heterocycles. The second-order valence-electron chi connectivity index (χ2n) is 5.04. The maximum Gasteiger partial charge on any atom is 0.120 e. The van der Waals surface area contributed by atoms with E-state index in [0.717, 1.165) is 28.6 Å². The lowest BCUT2D eigenvalue weighted by atomic mass is 10.0. The number of rotatable bonds is 6. The van der Waals surface area contributed by atoms with Crippen LogP contribution in [0.3, 0.4) is 0 Å². The summed E-state index contributed by atoms with van der Waals surface area (Å²) in [6.45, 7) is 2.55. The van der Waals surface area contributed by atoms with E-state index in [1.165, 1.54) is 5.56 Å². The zero-order valence-electron chi connectivity index (χ0n) is 12.0. The lowest BCUT2D eigenvalue weighted by Gasteiger charge is -2.11. The van der Waals surface area contributed by atoms with Gasteiger partial charge in [-0.1, -0.05) is 52.7 Å².